The molecule has 0 aliphatic carbocycles. The van der Waals surface area contributed by atoms with E-state index in [2.05, 4.69) is 5.32 Å². The number of benzene rings is 2. The van der Waals surface area contributed by atoms with Crippen molar-refractivity contribution in [2.45, 2.75) is 24.9 Å². The van der Waals surface area contributed by atoms with Crippen LogP contribution < -0.4 is 5.32 Å². The molecule has 0 bridgehead atoms. The summed E-state index contributed by atoms with van der Waals surface area (Å²) in [6, 6.07) is 5.41. The molecule has 1 N–H and O–H groups in total. The van der Waals surface area contributed by atoms with Gasteiger partial charge in [-0.2, -0.15) is 26.3 Å². The average molecular weight is 666 g/mol. The molecule has 0 saturated carbocycles. The average Bonchev–Trinajstić information content (AvgIpc) is 2.57. The lowest BCUT2D eigenvalue weighted by Gasteiger charge is -2.31. The molecule has 0 saturated heterocycles. The Morgan fingerprint density at radius 2 is 1.45 bits per heavy atom. The van der Waals surface area contributed by atoms with Crippen LogP contribution in [0.15, 0.2) is 30.3 Å². The third kappa shape index (κ3) is 4.60. The molecule has 0 heterocycles. The van der Waals surface area contributed by atoms with Gasteiger partial charge in [0, 0.05) is 12.7 Å². The van der Waals surface area contributed by atoms with E-state index in [0.29, 0.717) is 17.7 Å². The molecule has 0 fully saturated rings. The summed E-state index contributed by atoms with van der Waals surface area (Å²) < 4.78 is 91.7. The van der Waals surface area contributed by atoms with Crippen molar-refractivity contribution in [3.8, 4) is 0 Å². The SMILES string of the molecule is Cc1cccc(C(=O)Nc2c(I)cc(C(F)(C(F)(F)F)C(F)(F)F)cc2I)c1Cl. The van der Waals surface area contributed by atoms with Gasteiger partial charge in [0.25, 0.3) is 5.91 Å². The summed E-state index contributed by atoms with van der Waals surface area (Å²) in [6.07, 6.45) is -12.4. The fourth-order valence-corrected chi connectivity index (χ4v) is 4.63. The van der Waals surface area contributed by atoms with Crippen LogP contribution in [0.25, 0.3) is 0 Å². The van der Waals surface area contributed by atoms with Gasteiger partial charge in [-0.15, -0.1) is 0 Å². The predicted molar refractivity (Wildman–Crippen MR) is 111 cm³/mol. The Morgan fingerprint density at radius 1 is 0.966 bits per heavy atom. The van der Waals surface area contributed by atoms with Gasteiger partial charge in [-0.3, -0.25) is 4.79 Å². The fraction of sp³-hybridized carbons (Fsp3) is 0.235. The third-order valence-corrected chi connectivity index (χ3v) is 6.10. The van der Waals surface area contributed by atoms with Crippen molar-refractivity contribution in [2.24, 2.45) is 0 Å². The van der Waals surface area contributed by atoms with Gasteiger partial charge >= 0.3 is 18.0 Å². The van der Waals surface area contributed by atoms with E-state index in [4.69, 9.17) is 11.6 Å². The van der Waals surface area contributed by atoms with Gasteiger partial charge in [0.05, 0.1) is 16.3 Å². The third-order valence-electron chi connectivity index (χ3n) is 3.90. The fourth-order valence-electron chi connectivity index (χ4n) is 2.38. The van der Waals surface area contributed by atoms with Crippen LogP contribution in [-0.2, 0) is 5.67 Å². The van der Waals surface area contributed by atoms with E-state index in [1.54, 1.807) is 19.1 Å². The molecule has 0 aliphatic rings. The lowest BCUT2D eigenvalue weighted by molar-refractivity contribution is -0.348. The van der Waals surface area contributed by atoms with Crippen molar-refractivity contribution in [1.82, 2.24) is 0 Å². The van der Waals surface area contributed by atoms with Gasteiger partial charge in [0.1, 0.15) is 0 Å². The summed E-state index contributed by atoms with van der Waals surface area (Å²) in [6.45, 7) is 1.65. The Hall–Kier alpha value is -0.830. The zero-order valence-electron chi connectivity index (χ0n) is 14.1. The van der Waals surface area contributed by atoms with Crippen LogP contribution in [0.1, 0.15) is 21.5 Å². The summed E-state index contributed by atoms with van der Waals surface area (Å²) in [5, 5.41) is 2.54. The Bertz CT molecular complexity index is 923. The second-order valence-electron chi connectivity index (χ2n) is 5.86. The van der Waals surface area contributed by atoms with Crippen molar-refractivity contribution in [3.05, 3.63) is 59.2 Å². The molecule has 0 aliphatic heterocycles. The maximum Gasteiger partial charge on any atom is 0.435 e. The molecule has 29 heavy (non-hydrogen) atoms. The van der Waals surface area contributed by atoms with Crippen LogP contribution in [0.2, 0.25) is 5.02 Å². The summed E-state index contributed by atoms with van der Waals surface area (Å²) in [5.74, 6) is -0.722. The minimum atomic E-state index is -6.22. The lowest BCUT2D eigenvalue weighted by atomic mass is 9.94. The first-order valence-corrected chi connectivity index (χ1v) is 10.0. The standard InChI is InChI=1S/C17H9ClF7I2NO/c1-7-3-2-4-9(12(7)18)14(29)28-13-10(26)5-8(6-11(13)27)15(19,16(20,21)22)17(23,24)25/h2-6H,1H3,(H,28,29). The number of hydrogen-bond acceptors (Lipinski definition) is 1. The first kappa shape index (κ1) is 24.4. The lowest BCUT2D eigenvalue weighted by Crippen LogP contribution is -2.50. The van der Waals surface area contributed by atoms with Crippen molar-refractivity contribution in [3.63, 3.8) is 0 Å². The van der Waals surface area contributed by atoms with E-state index in [1.165, 1.54) is 51.2 Å². The minimum Gasteiger partial charge on any atom is -0.320 e. The number of anilines is 1. The van der Waals surface area contributed by atoms with E-state index in [9.17, 15) is 35.5 Å². The highest BCUT2D eigenvalue weighted by molar-refractivity contribution is 14.1. The number of rotatable bonds is 3. The van der Waals surface area contributed by atoms with E-state index in [-0.39, 0.29) is 23.4 Å². The van der Waals surface area contributed by atoms with Crippen LogP contribution in [0.5, 0.6) is 0 Å². The minimum absolute atomic E-state index is 0.0627. The molecule has 1 amide bonds. The Morgan fingerprint density at radius 3 is 1.90 bits per heavy atom. The van der Waals surface area contributed by atoms with Crippen molar-refractivity contribution < 1.29 is 35.5 Å². The highest BCUT2D eigenvalue weighted by Gasteiger charge is 2.73. The molecule has 0 radical (unpaired) electrons. The number of hydrogen-bond donors (Lipinski definition) is 1. The largest absolute Gasteiger partial charge is 0.435 e. The van der Waals surface area contributed by atoms with Crippen LogP contribution in [0.3, 0.4) is 0 Å². The molecule has 158 valence electrons. The number of carbonyl (C=O) groups is 1. The van der Waals surface area contributed by atoms with Gasteiger partial charge in [-0.05, 0) is 75.9 Å². The van der Waals surface area contributed by atoms with Crippen LogP contribution in [0, 0.1) is 14.1 Å². The molecule has 2 nitrogen and oxygen atoms in total. The Labute approximate surface area is 192 Å². The van der Waals surface area contributed by atoms with Crippen molar-refractivity contribution in [1.29, 1.82) is 0 Å². The van der Waals surface area contributed by atoms with Gasteiger partial charge < -0.3 is 5.32 Å². The first-order chi connectivity index (χ1) is 13.1. The molecule has 12 heteroatoms. The second kappa shape index (κ2) is 8.36. The monoisotopic (exact) mass is 665 g/mol. The molecular weight excluding hydrogens is 656 g/mol. The highest BCUT2D eigenvalue weighted by Crippen LogP contribution is 2.54. The quantitative estimate of drug-likeness (QED) is 0.269. The maximum atomic E-state index is 14.3. The number of alkyl halides is 7. The number of halogens is 10. The first-order valence-electron chi connectivity index (χ1n) is 7.49. The normalized spacial score (nSPS) is 12.8. The van der Waals surface area contributed by atoms with Gasteiger partial charge in [-0.25, -0.2) is 4.39 Å². The van der Waals surface area contributed by atoms with Gasteiger partial charge in [0.2, 0.25) is 0 Å². The molecule has 0 atom stereocenters. The number of carbonyl (C=O) groups excluding carboxylic acids is 1. The van der Waals surface area contributed by atoms with E-state index in [0.717, 1.165) is 0 Å². The highest BCUT2D eigenvalue weighted by atomic mass is 127. The molecule has 0 aromatic heterocycles. The van der Waals surface area contributed by atoms with Crippen molar-refractivity contribution in [2.75, 3.05) is 5.32 Å². The Kier molecular flexibility index (Phi) is 7.05. The zero-order chi connectivity index (χ0) is 22.4. The van der Waals surface area contributed by atoms with Crippen molar-refractivity contribution >= 4 is 68.4 Å². The zero-order valence-corrected chi connectivity index (χ0v) is 19.1. The van der Waals surface area contributed by atoms with Crippen LogP contribution >= 0.6 is 56.8 Å². The van der Waals surface area contributed by atoms with Crippen LogP contribution in [0.4, 0.5) is 36.4 Å². The predicted octanol–water partition coefficient (Wildman–Crippen LogP) is 7.40. The van der Waals surface area contributed by atoms with E-state index in [1.807, 2.05) is 0 Å². The number of nitrogens with one attached hydrogen (secondary N) is 1. The van der Waals surface area contributed by atoms with Gasteiger partial charge in [0.15, 0.2) is 0 Å². The number of amides is 1. The topological polar surface area (TPSA) is 29.1 Å². The molecular formula is C17H9ClF7I2NO. The Balaban J connectivity index is 2.52. The molecule has 2 aromatic carbocycles. The molecule has 0 spiro atoms. The van der Waals surface area contributed by atoms with E-state index < -0.39 is 29.5 Å². The molecule has 2 aromatic rings. The molecule has 0 unspecified atom stereocenters. The maximum absolute atomic E-state index is 14.3. The second-order valence-corrected chi connectivity index (χ2v) is 8.56. The smallest absolute Gasteiger partial charge is 0.320 e. The number of aryl methyl sites for hydroxylation is 1. The van der Waals surface area contributed by atoms with Crippen LogP contribution in [-0.4, -0.2) is 18.3 Å². The van der Waals surface area contributed by atoms with Gasteiger partial charge in [-0.1, -0.05) is 23.7 Å². The summed E-state index contributed by atoms with van der Waals surface area (Å²) in [5.41, 5.74) is -6.59. The summed E-state index contributed by atoms with van der Waals surface area (Å²) in [7, 11) is 0. The summed E-state index contributed by atoms with van der Waals surface area (Å²) in [4.78, 5) is 12.5. The molecule has 2 rings (SSSR count). The summed E-state index contributed by atoms with van der Waals surface area (Å²) >= 11 is 8.90. The van der Waals surface area contributed by atoms with E-state index >= 15 is 0 Å².